The van der Waals surface area contributed by atoms with E-state index in [9.17, 15) is 0 Å². The molecule has 4 heteroatoms. The minimum atomic E-state index is -0.203. The molecule has 3 aromatic rings. The van der Waals surface area contributed by atoms with Crippen molar-refractivity contribution in [1.82, 2.24) is 9.78 Å². The highest BCUT2D eigenvalue weighted by Gasteiger charge is 2.14. The molecule has 0 amide bonds. The summed E-state index contributed by atoms with van der Waals surface area (Å²) in [6, 6.07) is 19.8. The summed E-state index contributed by atoms with van der Waals surface area (Å²) >= 11 is 3.44. The van der Waals surface area contributed by atoms with Gasteiger partial charge in [0.15, 0.2) is 0 Å². The lowest BCUT2D eigenvalue weighted by atomic mass is 10.0. The van der Waals surface area contributed by atoms with Crippen molar-refractivity contribution >= 4 is 15.9 Å². The highest BCUT2D eigenvalue weighted by molar-refractivity contribution is 9.10. The fourth-order valence-electron chi connectivity index (χ4n) is 2.17. The minimum absolute atomic E-state index is 0.203. The van der Waals surface area contributed by atoms with Crippen molar-refractivity contribution < 1.29 is 0 Å². The van der Waals surface area contributed by atoms with E-state index < -0.39 is 0 Å². The second kappa shape index (κ2) is 5.61. The number of hydrogen-bond donors (Lipinski definition) is 1. The smallest absolute Gasteiger partial charge is 0.0727 e. The van der Waals surface area contributed by atoms with Crippen LogP contribution in [0.4, 0.5) is 0 Å². The van der Waals surface area contributed by atoms with Gasteiger partial charge in [0.25, 0.3) is 0 Å². The average molecular weight is 328 g/mol. The molecule has 1 heterocycles. The standard InChI is InChI=1S/C16H14BrN3/c17-13-8-6-12(7-9-13)16(18)15-10-11-19-20(15)14-4-2-1-3-5-14/h1-11,16H,18H2. The number of nitrogens with zero attached hydrogens (tertiary/aromatic N) is 2. The molecule has 2 aromatic carbocycles. The lowest BCUT2D eigenvalue weighted by Gasteiger charge is -2.15. The predicted molar refractivity (Wildman–Crippen MR) is 83.7 cm³/mol. The quantitative estimate of drug-likeness (QED) is 0.797. The number of para-hydroxylation sites is 1. The van der Waals surface area contributed by atoms with Crippen molar-refractivity contribution in [3.63, 3.8) is 0 Å². The second-order valence-corrected chi connectivity index (χ2v) is 5.45. The van der Waals surface area contributed by atoms with Gasteiger partial charge in [-0.05, 0) is 35.9 Å². The summed E-state index contributed by atoms with van der Waals surface area (Å²) in [6.07, 6.45) is 1.78. The van der Waals surface area contributed by atoms with E-state index in [-0.39, 0.29) is 6.04 Å². The summed E-state index contributed by atoms with van der Waals surface area (Å²) in [5.74, 6) is 0. The van der Waals surface area contributed by atoms with Crippen LogP contribution in [-0.2, 0) is 0 Å². The zero-order valence-electron chi connectivity index (χ0n) is 10.8. The van der Waals surface area contributed by atoms with Gasteiger partial charge in [0.1, 0.15) is 0 Å². The third-order valence-corrected chi connectivity index (χ3v) is 3.75. The van der Waals surface area contributed by atoms with E-state index in [1.54, 1.807) is 6.20 Å². The molecule has 1 unspecified atom stereocenters. The Labute approximate surface area is 126 Å². The zero-order valence-corrected chi connectivity index (χ0v) is 12.4. The molecule has 0 aliphatic carbocycles. The van der Waals surface area contributed by atoms with Crippen LogP contribution in [0.5, 0.6) is 0 Å². The Bertz CT molecular complexity index is 689. The predicted octanol–water partition coefficient (Wildman–Crippen LogP) is 3.68. The fourth-order valence-corrected chi connectivity index (χ4v) is 2.44. The molecular formula is C16H14BrN3. The van der Waals surface area contributed by atoms with E-state index in [2.05, 4.69) is 21.0 Å². The molecule has 0 saturated heterocycles. The Morgan fingerprint density at radius 3 is 2.35 bits per heavy atom. The molecule has 0 radical (unpaired) electrons. The third kappa shape index (κ3) is 2.53. The Balaban J connectivity index is 1.99. The van der Waals surface area contributed by atoms with E-state index in [0.29, 0.717) is 0 Å². The Kier molecular flexibility index (Phi) is 3.67. The topological polar surface area (TPSA) is 43.8 Å². The Hall–Kier alpha value is -1.91. The van der Waals surface area contributed by atoms with Crippen molar-refractivity contribution in [3.8, 4) is 5.69 Å². The third-order valence-electron chi connectivity index (χ3n) is 3.22. The molecule has 0 bridgehead atoms. The van der Waals surface area contributed by atoms with Gasteiger partial charge < -0.3 is 5.73 Å². The van der Waals surface area contributed by atoms with Crippen LogP contribution in [0.2, 0.25) is 0 Å². The fraction of sp³-hybridized carbons (Fsp3) is 0.0625. The normalized spacial score (nSPS) is 12.3. The molecule has 3 rings (SSSR count). The van der Waals surface area contributed by atoms with Gasteiger partial charge in [-0.25, -0.2) is 4.68 Å². The van der Waals surface area contributed by atoms with Crippen molar-refractivity contribution in [3.05, 3.63) is 82.6 Å². The zero-order chi connectivity index (χ0) is 13.9. The first-order valence-corrected chi connectivity index (χ1v) is 7.15. The monoisotopic (exact) mass is 327 g/mol. The minimum Gasteiger partial charge on any atom is -0.319 e. The van der Waals surface area contributed by atoms with E-state index >= 15 is 0 Å². The summed E-state index contributed by atoms with van der Waals surface area (Å²) < 4.78 is 2.93. The number of halogens is 1. The van der Waals surface area contributed by atoms with Gasteiger partial charge in [-0.15, -0.1) is 0 Å². The summed E-state index contributed by atoms with van der Waals surface area (Å²) in [5.41, 5.74) is 9.42. The molecule has 2 N–H and O–H groups in total. The van der Waals surface area contributed by atoms with Crippen molar-refractivity contribution in [1.29, 1.82) is 0 Å². The molecule has 0 aliphatic rings. The highest BCUT2D eigenvalue weighted by atomic mass is 79.9. The second-order valence-electron chi connectivity index (χ2n) is 4.53. The van der Waals surface area contributed by atoms with E-state index in [1.807, 2.05) is 65.3 Å². The molecule has 0 fully saturated rings. The lowest BCUT2D eigenvalue weighted by molar-refractivity contribution is 0.739. The van der Waals surface area contributed by atoms with Gasteiger partial charge in [-0.3, -0.25) is 0 Å². The van der Waals surface area contributed by atoms with E-state index in [4.69, 9.17) is 5.73 Å². The van der Waals surface area contributed by atoms with Gasteiger partial charge in [0.2, 0.25) is 0 Å². The van der Waals surface area contributed by atoms with Crippen molar-refractivity contribution in [2.45, 2.75) is 6.04 Å². The molecular weight excluding hydrogens is 314 g/mol. The van der Waals surface area contributed by atoms with Crippen LogP contribution in [0.15, 0.2) is 71.3 Å². The van der Waals surface area contributed by atoms with Gasteiger partial charge in [-0.1, -0.05) is 46.3 Å². The van der Waals surface area contributed by atoms with Crippen LogP contribution >= 0.6 is 15.9 Å². The van der Waals surface area contributed by atoms with Crippen LogP contribution in [0.3, 0.4) is 0 Å². The summed E-state index contributed by atoms with van der Waals surface area (Å²) in [5, 5.41) is 4.38. The SMILES string of the molecule is NC(c1ccc(Br)cc1)c1ccnn1-c1ccccc1. The summed E-state index contributed by atoms with van der Waals surface area (Å²) in [4.78, 5) is 0. The maximum Gasteiger partial charge on any atom is 0.0727 e. The van der Waals surface area contributed by atoms with E-state index in [1.165, 1.54) is 0 Å². The Morgan fingerprint density at radius 1 is 0.950 bits per heavy atom. The Morgan fingerprint density at radius 2 is 1.65 bits per heavy atom. The first-order chi connectivity index (χ1) is 9.75. The van der Waals surface area contributed by atoms with Gasteiger partial charge in [-0.2, -0.15) is 5.10 Å². The first kappa shape index (κ1) is 13.1. The van der Waals surface area contributed by atoms with Crippen molar-refractivity contribution in [2.24, 2.45) is 5.73 Å². The number of hydrogen-bond acceptors (Lipinski definition) is 2. The molecule has 0 saturated carbocycles. The first-order valence-electron chi connectivity index (χ1n) is 6.36. The molecule has 100 valence electrons. The molecule has 0 spiro atoms. The highest BCUT2D eigenvalue weighted by Crippen LogP contribution is 2.23. The summed E-state index contributed by atoms with van der Waals surface area (Å²) in [6.45, 7) is 0. The number of rotatable bonds is 3. The van der Waals surface area contributed by atoms with Crippen LogP contribution in [-0.4, -0.2) is 9.78 Å². The number of nitrogens with two attached hydrogens (primary N) is 1. The van der Waals surface area contributed by atoms with Crippen LogP contribution in [0.25, 0.3) is 5.69 Å². The lowest BCUT2D eigenvalue weighted by Crippen LogP contribution is -2.16. The number of aromatic nitrogens is 2. The van der Waals surface area contributed by atoms with Crippen molar-refractivity contribution in [2.75, 3.05) is 0 Å². The molecule has 0 aliphatic heterocycles. The van der Waals surface area contributed by atoms with Gasteiger partial charge >= 0.3 is 0 Å². The van der Waals surface area contributed by atoms with Gasteiger partial charge in [0, 0.05) is 10.7 Å². The maximum atomic E-state index is 6.37. The molecule has 3 nitrogen and oxygen atoms in total. The van der Waals surface area contributed by atoms with Crippen LogP contribution in [0, 0.1) is 0 Å². The van der Waals surface area contributed by atoms with Crippen LogP contribution < -0.4 is 5.73 Å². The molecule has 1 atom stereocenters. The molecule has 1 aromatic heterocycles. The van der Waals surface area contributed by atoms with Gasteiger partial charge in [0.05, 0.1) is 17.4 Å². The molecule has 20 heavy (non-hydrogen) atoms. The average Bonchev–Trinajstić information content (AvgIpc) is 2.97. The number of benzene rings is 2. The largest absolute Gasteiger partial charge is 0.319 e. The maximum absolute atomic E-state index is 6.37. The van der Waals surface area contributed by atoms with E-state index in [0.717, 1.165) is 21.4 Å². The van der Waals surface area contributed by atoms with Crippen LogP contribution in [0.1, 0.15) is 17.3 Å². The summed E-state index contributed by atoms with van der Waals surface area (Å²) in [7, 11) is 0.